The second-order valence-corrected chi connectivity index (χ2v) is 7.88. The third-order valence-corrected chi connectivity index (χ3v) is 5.52. The van der Waals surface area contributed by atoms with E-state index in [-0.39, 0.29) is 6.04 Å². The number of nitrogens with zero attached hydrogens (tertiary/aromatic N) is 5. The van der Waals surface area contributed by atoms with E-state index >= 15 is 0 Å². The van der Waals surface area contributed by atoms with Crippen molar-refractivity contribution in [3.05, 3.63) is 119 Å². The predicted molar refractivity (Wildman–Crippen MR) is 131 cm³/mol. The van der Waals surface area contributed by atoms with Crippen LogP contribution < -0.4 is 0 Å². The molecule has 9 heteroatoms. The van der Waals surface area contributed by atoms with Gasteiger partial charge >= 0.3 is 11.9 Å². The zero-order chi connectivity index (χ0) is 25.3. The summed E-state index contributed by atoms with van der Waals surface area (Å²) in [4.78, 5) is 44.0. The van der Waals surface area contributed by atoms with Crippen LogP contribution in [-0.4, -0.2) is 51.0 Å². The first-order valence-corrected chi connectivity index (χ1v) is 11.2. The molecule has 0 aromatic carbocycles. The van der Waals surface area contributed by atoms with Crippen LogP contribution in [-0.2, 0) is 22.6 Å². The highest BCUT2D eigenvalue weighted by Gasteiger charge is 2.26. The maximum atomic E-state index is 11.8. The van der Waals surface area contributed by atoms with Crippen molar-refractivity contribution < 1.29 is 19.1 Å². The zero-order valence-corrected chi connectivity index (χ0v) is 19.9. The van der Waals surface area contributed by atoms with E-state index in [1.165, 1.54) is 26.6 Å². The fourth-order valence-electron chi connectivity index (χ4n) is 3.77. The van der Waals surface area contributed by atoms with Crippen molar-refractivity contribution in [1.82, 2.24) is 24.8 Å². The number of rotatable bonds is 9. The Bertz CT molecular complexity index is 1180. The average molecular weight is 484 g/mol. The number of aromatic nitrogens is 4. The van der Waals surface area contributed by atoms with E-state index in [0.29, 0.717) is 24.2 Å². The summed E-state index contributed by atoms with van der Waals surface area (Å²) in [5.74, 6) is -0.888. The molecule has 0 unspecified atom stereocenters. The summed E-state index contributed by atoms with van der Waals surface area (Å²) in [5, 5.41) is 0. The topological polar surface area (TPSA) is 107 Å². The van der Waals surface area contributed by atoms with Crippen molar-refractivity contribution in [2.24, 2.45) is 0 Å². The van der Waals surface area contributed by atoms with Gasteiger partial charge in [-0.25, -0.2) is 9.59 Å². The lowest BCUT2D eigenvalue weighted by Gasteiger charge is -2.30. The van der Waals surface area contributed by atoms with Gasteiger partial charge in [0.2, 0.25) is 0 Å². The van der Waals surface area contributed by atoms with Crippen molar-refractivity contribution >= 4 is 11.9 Å². The van der Waals surface area contributed by atoms with Gasteiger partial charge in [-0.05, 0) is 48.5 Å². The minimum atomic E-state index is -0.444. The molecule has 0 saturated heterocycles. The molecule has 36 heavy (non-hydrogen) atoms. The van der Waals surface area contributed by atoms with E-state index in [1.807, 2.05) is 36.4 Å². The molecule has 0 amide bonds. The number of esters is 2. The standard InChI is InChI=1S/C27H25N5O4/c1-35-26(33)19-9-11-21(30-15-19)17-32(18-22-12-10-20(16-31-22)27(34)36-2)25(23-7-3-5-13-28-23)24-8-4-6-14-29-24/h3-16,25H,17-18H2,1-2H3. The molecule has 4 rings (SSSR count). The smallest absolute Gasteiger partial charge is 0.339 e. The van der Waals surface area contributed by atoms with Crippen LogP contribution in [0.25, 0.3) is 0 Å². The van der Waals surface area contributed by atoms with Gasteiger partial charge in [-0.1, -0.05) is 12.1 Å². The monoisotopic (exact) mass is 483 g/mol. The van der Waals surface area contributed by atoms with Crippen LogP contribution in [0.4, 0.5) is 0 Å². The van der Waals surface area contributed by atoms with Gasteiger partial charge in [0.15, 0.2) is 0 Å². The molecule has 0 spiro atoms. The first kappa shape index (κ1) is 24.6. The second-order valence-electron chi connectivity index (χ2n) is 7.88. The Balaban J connectivity index is 1.71. The minimum Gasteiger partial charge on any atom is -0.465 e. The van der Waals surface area contributed by atoms with Crippen LogP contribution in [0, 0.1) is 0 Å². The van der Waals surface area contributed by atoms with E-state index in [0.717, 1.165) is 22.8 Å². The van der Waals surface area contributed by atoms with E-state index in [1.54, 1.807) is 36.7 Å². The zero-order valence-electron chi connectivity index (χ0n) is 19.9. The quantitative estimate of drug-likeness (QED) is 0.330. The van der Waals surface area contributed by atoms with Crippen LogP contribution in [0.15, 0.2) is 85.5 Å². The summed E-state index contributed by atoms with van der Waals surface area (Å²) in [6.45, 7) is 0.833. The summed E-state index contributed by atoms with van der Waals surface area (Å²) >= 11 is 0. The Morgan fingerprint density at radius 2 is 1.17 bits per heavy atom. The molecule has 0 radical (unpaired) electrons. The number of carbonyl (C=O) groups is 2. The molecule has 0 aliphatic rings. The number of hydrogen-bond donors (Lipinski definition) is 0. The van der Waals surface area contributed by atoms with Crippen LogP contribution >= 0.6 is 0 Å². The van der Waals surface area contributed by atoms with Gasteiger partial charge in [0.1, 0.15) is 0 Å². The molecule has 0 atom stereocenters. The lowest BCUT2D eigenvalue weighted by molar-refractivity contribution is 0.0591. The summed E-state index contributed by atoms with van der Waals surface area (Å²) in [5.41, 5.74) is 3.86. The van der Waals surface area contributed by atoms with Crippen LogP contribution in [0.3, 0.4) is 0 Å². The van der Waals surface area contributed by atoms with E-state index < -0.39 is 11.9 Å². The van der Waals surface area contributed by atoms with E-state index in [2.05, 4.69) is 24.8 Å². The van der Waals surface area contributed by atoms with Crippen molar-refractivity contribution in [1.29, 1.82) is 0 Å². The number of hydrogen-bond acceptors (Lipinski definition) is 9. The first-order chi connectivity index (χ1) is 17.6. The molecule has 9 nitrogen and oxygen atoms in total. The maximum Gasteiger partial charge on any atom is 0.339 e. The first-order valence-electron chi connectivity index (χ1n) is 11.2. The minimum absolute atomic E-state index is 0.309. The van der Waals surface area contributed by atoms with E-state index in [9.17, 15) is 9.59 Å². The molecule has 0 N–H and O–H groups in total. The molecular formula is C27H25N5O4. The lowest BCUT2D eigenvalue weighted by Crippen LogP contribution is -2.31. The van der Waals surface area contributed by atoms with Gasteiger partial charge in [0, 0.05) is 37.9 Å². The van der Waals surface area contributed by atoms with Crippen molar-refractivity contribution in [3.63, 3.8) is 0 Å². The molecule has 4 aromatic rings. The second kappa shape index (κ2) is 11.8. The molecule has 182 valence electrons. The largest absolute Gasteiger partial charge is 0.465 e. The van der Waals surface area contributed by atoms with Crippen molar-refractivity contribution in [3.8, 4) is 0 Å². The summed E-state index contributed by atoms with van der Waals surface area (Å²) < 4.78 is 9.56. The SMILES string of the molecule is COC(=O)c1ccc(CN(Cc2ccc(C(=O)OC)cn2)C(c2ccccn2)c2ccccn2)nc1. The summed E-state index contributed by atoms with van der Waals surface area (Å²) in [7, 11) is 2.67. The van der Waals surface area contributed by atoms with Crippen LogP contribution in [0.2, 0.25) is 0 Å². The fourth-order valence-corrected chi connectivity index (χ4v) is 3.77. The van der Waals surface area contributed by atoms with Gasteiger partial charge in [-0.3, -0.25) is 24.8 Å². The molecule has 0 bridgehead atoms. The predicted octanol–water partition coefficient (Wildman–Crippen LogP) is 3.63. The highest BCUT2D eigenvalue weighted by molar-refractivity contribution is 5.89. The third kappa shape index (κ3) is 5.94. The van der Waals surface area contributed by atoms with Crippen LogP contribution in [0.5, 0.6) is 0 Å². The van der Waals surface area contributed by atoms with Gasteiger partial charge in [0.25, 0.3) is 0 Å². The molecular weight excluding hydrogens is 458 g/mol. The van der Waals surface area contributed by atoms with Gasteiger partial charge in [-0.2, -0.15) is 0 Å². The van der Waals surface area contributed by atoms with Gasteiger partial charge in [-0.15, -0.1) is 0 Å². The lowest BCUT2D eigenvalue weighted by atomic mass is 10.0. The molecule has 0 aliphatic carbocycles. The Labute approximate surface area is 208 Å². The molecule has 0 fully saturated rings. The Kier molecular flexibility index (Phi) is 8.05. The van der Waals surface area contributed by atoms with Crippen molar-refractivity contribution in [2.45, 2.75) is 19.1 Å². The maximum absolute atomic E-state index is 11.8. The Morgan fingerprint density at radius 3 is 1.50 bits per heavy atom. The molecule has 4 heterocycles. The number of carbonyl (C=O) groups excluding carboxylic acids is 2. The van der Waals surface area contributed by atoms with Gasteiger partial charge < -0.3 is 9.47 Å². The average Bonchev–Trinajstić information content (AvgIpc) is 2.94. The van der Waals surface area contributed by atoms with Crippen LogP contribution in [0.1, 0.15) is 49.5 Å². The summed E-state index contributed by atoms with van der Waals surface area (Å²) in [6, 6.07) is 18.2. The van der Waals surface area contributed by atoms with Gasteiger partial charge in [0.05, 0.1) is 54.2 Å². The normalized spacial score (nSPS) is 10.9. The number of ether oxygens (including phenoxy) is 2. The Morgan fingerprint density at radius 1 is 0.694 bits per heavy atom. The number of methoxy groups -OCH3 is 2. The molecule has 0 aliphatic heterocycles. The third-order valence-electron chi connectivity index (χ3n) is 5.52. The number of pyridine rings is 4. The Hall–Kier alpha value is -4.50. The van der Waals surface area contributed by atoms with E-state index in [4.69, 9.17) is 9.47 Å². The highest BCUT2D eigenvalue weighted by Crippen LogP contribution is 2.29. The highest BCUT2D eigenvalue weighted by atomic mass is 16.5. The molecule has 4 aromatic heterocycles. The molecule has 0 saturated carbocycles. The van der Waals surface area contributed by atoms with Crippen molar-refractivity contribution in [2.75, 3.05) is 14.2 Å². The summed E-state index contributed by atoms with van der Waals surface area (Å²) in [6.07, 6.45) is 6.49. The fraction of sp³-hybridized carbons (Fsp3) is 0.185.